The van der Waals surface area contributed by atoms with Gasteiger partial charge < -0.3 is 14.8 Å². The summed E-state index contributed by atoms with van der Waals surface area (Å²) in [5.74, 6) is 0.659. The average Bonchev–Trinajstić information content (AvgIpc) is 2.57. The van der Waals surface area contributed by atoms with E-state index in [1.54, 1.807) is 0 Å². The molecular weight excluding hydrogens is 332 g/mol. The molecule has 24 heavy (non-hydrogen) atoms. The van der Waals surface area contributed by atoms with Crippen molar-refractivity contribution in [1.29, 1.82) is 0 Å². The summed E-state index contributed by atoms with van der Waals surface area (Å²) in [4.78, 5) is 10.7. The topological polar surface area (TPSA) is 98.0 Å². The van der Waals surface area contributed by atoms with Gasteiger partial charge in [0.15, 0.2) is 16.6 Å². The van der Waals surface area contributed by atoms with Gasteiger partial charge in [0.1, 0.15) is 0 Å². The summed E-state index contributed by atoms with van der Waals surface area (Å²) < 4.78 is 10.2. The van der Waals surface area contributed by atoms with E-state index in [4.69, 9.17) is 21.7 Å². The Bertz CT molecular complexity index is 607. The molecule has 0 radical (unpaired) electrons. The number of nitrogens with zero attached hydrogens (tertiary/aromatic N) is 2. The highest BCUT2D eigenvalue weighted by atomic mass is 32.1. The molecule has 1 aromatic rings. The Balaban J connectivity index is 2.78. The third-order valence-electron chi connectivity index (χ3n) is 3.17. The number of rotatable bonds is 9. The summed E-state index contributed by atoms with van der Waals surface area (Å²) in [5, 5.41) is 18.5. The number of thiocarbonyl (C=S) groups is 1. The van der Waals surface area contributed by atoms with Crippen LogP contribution in [0.2, 0.25) is 0 Å². The molecule has 9 heteroatoms. The minimum absolute atomic E-state index is 0.139. The van der Waals surface area contributed by atoms with E-state index in [1.807, 2.05) is 0 Å². The molecule has 2 N–H and O–H groups in total. The van der Waals surface area contributed by atoms with Crippen molar-refractivity contribution < 1.29 is 14.4 Å². The molecule has 0 aliphatic rings. The largest absolute Gasteiger partial charge is 0.493 e. The highest BCUT2D eigenvalue weighted by Crippen LogP contribution is 2.33. The molecule has 0 aliphatic carbocycles. The van der Waals surface area contributed by atoms with Gasteiger partial charge in [-0.3, -0.25) is 15.5 Å². The highest BCUT2D eigenvalue weighted by molar-refractivity contribution is 7.80. The smallest absolute Gasteiger partial charge is 0.282 e. The normalized spacial score (nSPS) is 10.5. The van der Waals surface area contributed by atoms with Crippen LogP contribution < -0.4 is 20.2 Å². The maximum absolute atomic E-state index is 11.2. The first-order valence-electron chi connectivity index (χ1n) is 7.50. The van der Waals surface area contributed by atoms with Gasteiger partial charge in [0.25, 0.3) is 5.69 Å². The van der Waals surface area contributed by atoms with Crippen LogP contribution in [-0.2, 0) is 0 Å². The first-order valence-corrected chi connectivity index (χ1v) is 7.91. The summed E-state index contributed by atoms with van der Waals surface area (Å²) >= 11 is 5.08. The lowest BCUT2D eigenvalue weighted by molar-refractivity contribution is -0.385. The first kappa shape index (κ1) is 19.6. The number of hydrogen-bond acceptors (Lipinski definition) is 6. The van der Waals surface area contributed by atoms with Crippen LogP contribution in [0, 0.1) is 10.1 Å². The molecular formula is C15H22N4O4S. The van der Waals surface area contributed by atoms with Crippen LogP contribution in [0.3, 0.4) is 0 Å². The standard InChI is InChI=1S/C15H22N4O4S/c1-4-5-6-7-16-15(24)18-17-10-11-8-13(22-2)14(23-3)9-12(11)19(20)21/h8-10H,4-7H2,1-3H3,(H2,16,18,24)/b17-10-. The zero-order valence-corrected chi connectivity index (χ0v) is 14.8. The van der Waals surface area contributed by atoms with Crippen LogP contribution in [0.5, 0.6) is 11.5 Å². The monoisotopic (exact) mass is 354 g/mol. The van der Waals surface area contributed by atoms with Crippen LogP contribution in [0.4, 0.5) is 5.69 Å². The van der Waals surface area contributed by atoms with Gasteiger partial charge >= 0.3 is 0 Å². The lowest BCUT2D eigenvalue weighted by Gasteiger charge is -2.09. The van der Waals surface area contributed by atoms with Gasteiger partial charge in [0.05, 0.1) is 37.0 Å². The molecule has 0 aromatic heterocycles. The van der Waals surface area contributed by atoms with Gasteiger partial charge in [0.2, 0.25) is 0 Å². The average molecular weight is 354 g/mol. The summed E-state index contributed by atoms with van der Waals surface area (Å²) in [6.07, 6.45) is 4.59. The maximum Gasteiger partial charge on any atom is 0.282 e. The van der Waals surface area contributed by atoms with Crippen LogP contribution in [0.15, 0.2) is 17.2 Å². The van der Waals surface area contributed by atoms with Crippen LogP contribution in [0.1, 0.15) is 31.7 Å². The molecule has 0 unspecified atom stereocenters. The molecule has 1 rings (SSSR count). The third kappa shape index (κ3) is 5.99. The summed E-state index contributed by atoms with van der Waals surface area (Å²) in [6, 6.07) is 2.78. The first-order chi connectivity index (χ1) is 11.5. The predicted octanol–water partition coefficient (Wildman–Crippen LogP) is 2.60. The Morgan fingerprint density at radius 3 is 2.58 bits per heavy atom. The van der Waals surface area contributed by atoms with Crippen LogP contribution >= 0.6 is 12.2 Å². The Labute approximate surface area is 146 Å². The molecule has 0 amide bonds. The molecule has 0 heterocycles. The number of nitro benzene ring substituents is 1. The number of nitro groups is 1. The number of nitrogens with one attached hydrogen (secondary N) is 2. The number of methoxy groups -OCH3 is 2. The fraction of sp³-hybridized carbons (Fsp3) is 0.467. The molecule has 0 atom stereocenters. The van der Waals surface area contributed by atoms with Crippen molar-refractivity contribution in [2.75, 3.05) is 20.8 Å². The molecule has 0 bridgehead atoms. The third-order valence-corrected chi connectivity index (χ3v) is 3.40. The molecule has 0 spiro atoms. The summed E-state index contributed by atoms with van der Waals surface area (Å²) in [6.45, 7) is 2.88. The van der Waals surface area contributed by atoms with Gasteiger partial charge in [-0.05, 0) is 24.7 Å². The van der Waals surface area contributed by atoms with Crippen LogP contribution in [-0.4, -0.2) is 37.0 Å². The van der Waals surface area contributed by atoms with E-state index >= 15 is 0 Å². The fourth-order valence-corrected chi connectivity index (χ4v) is 2.08. The van der Waals surface area contributed by atoms with E-state index in [-0.39, 0.29) is 17.0 Å². The number of hydrogen-bond donors (Lipinski definition) is 2. The number of benzene rings is 1. The van der Waals surface area contributed by atoms with Gasteiger partial charge in [-0.15, -0.1) is 0 Å². The lowest BCUT2D eigenvalue weighted by Crippen LogP contribution is -2.32. The van der Waals surface area contributed by atoms with Crippen molar-refractivity contribution in [3.05, 3.63) is 27.8 Å². The van der Waals surface area contributed by atoms with Crippen molar-refractivity contribution >= 4 is 29.2 Å². The molecule has 0 fully saturated rings. The van der Waals surface area contributed by atoms with Crippen molar-refractivity contribution in [3.8, 4) is 11.5 Å². The molecule has 0 saturated carbocycles. The van der Waals surface area contributed by atoms with Crippen molar-refractivity contribution in [2.24, 2.45) is 5.10 Å². The number of ether oxygens (including phenoxy) is 2. The summed E-state index contributed by atoms with van der Waals surface area (Å²) in [5.41, 5.74) is 2.77. The van der Waals surface area contributed by atoms with E-state index in [2.05, 4.69) is 22.8 Å². The SMILES string of the molecule is CCCCCNC(=S)N/N=C\c1cc(OC)c(OC)cc1[N+](=O)[O-]. The zero-order valence-electron chi connectivity index (χ0n) is 14.0. The summed E-state index contributed by atoms with van der Waals surface area (Å²) in [7, 11) is 2.87. The van der Waals surface area contributed by atoms with Crippen molar-refractivity contribution in [3.63, 3.8) is 0 Å². The Morgan fingerprint density at radius 1 is 1.33 bits per heavy atom. The highest BCUT2D eigenvalue weighted by Gasteiger charge is 2.18. The number of unbranched alkanes of at least 4 members (excludes halogenated alkanes) is 2. The van der Waals surface area contributed by atoms with E-state index < -0.39 is 4.92 Å². The fourth-order valence-electron chi connectivity index (χ4n) is 1.92. The van der Waals surface area contributed by atoms with Gasteiger partial charge in [-0.2, -0.15) is 5.10 Å². The Hall–Kier alpha value is -2.42. The van der Waals surface area contributed by atoms with Gasteiger partial charge in [-0.1, -0.05) is 19.8 Å². The second-order valence-electron chi connectivity index (χ2n) is 4.86. The zero-order chi connectivity index (χ0) is 17.9. The second-order valence-corrected chi connectivity index (χ2v) is 5.26. The Kier molecular flexibility index (Phi) is 8.48. The second kappa shape index (κ2) is 10.4. The van der Waals surface area contributed by atoms with Crippen molar-refractivity contribution in [2.45, 2.75) is 26.2 Å². The molecule has 132 valence electrons. The van der Waals surface area contributed by atoms with Crippen molar-refractivity contribution in [1.82, 2.24) is 10.7 Å². The molecule has 0 saturated heterocycles. The minimum Gasteiger partial charge on any atom is -0.493 e. The van der Waals surface area contributed by atoms with Gasteiger partial charge in [0, 0.05) is 6.54 Å². The van der Waals surface area contributed by atoms with Gasteiger partial charge in [-0.25, -0.2) is 0 Å². The quantitative estimate of drug-likeness (QED) is 0.231. The maximum atomic E-state index is 11.2. The van der Waals surface area contributed by atoms with E-state index in [0.717, 1.165) is 25.8 Å². The van der Waals surface area contributed by atoms with E-state index in [1.165, 1.54) is 32.6 Å². The van der Waals surface area contributed by atoms with E-state index in [0.29, 0.717) is 10.9 Å². The van der Waals surface area contributed by atoms with Crippen LogP contribution in [0.25, 0.3) is 0 Å². The lowest BCUT2D eigenvalue weighted by atomic mass is 10.1. The molecule has 1 aromatic carbocycles. The molecule has 0 aliphatic heterocycles. The molecule has 8 nitrogen and oxygen atoms in total. The van der Waals surface area contributed by atoms with E-state index in [9.17, 15) is 10.1 Å². The Morgan fingerprint density at radius 2 is 2.00 bits per heavy atom. The predicted molar refractivity (Wildman–Crippen MR) is 97.1 cm³/mol. The minimum atomic E-state index is -0.509. The number of hydrazone groups is 1.